The predicted molar refractivity (Wildman–Crippen MR) is 120 cm³/mol. The van der Waals surface area contributed by atoms with E-state index in [0.29, 0.717) is 22.4 Å². The summed E-state index contributed by atoms with van der Waals surface area (Å²) in [5, 5.41) is 1.34. The van der Waals surface area contributed by atoms with Crippen LogP contribution in [0.3, 0.4) is 0 Å². The summed E-state index contributed by atoms with van der Waals surface area (Å²) in [6.07, 6.45) is 1.80. The third kappa shape index (κ3) is 3.58. The van der Waals surface area contributed by atoms with Crippen molar-refractivity contribution in [3.63, 3.8) is 0 Å². The average Bonchev–Trinajstić information content (AvgIpc) is 3.19. The lowest BCUT2D eigenvalue weighted by Crippen LogP contribution is -2.31. The number of carbonyl (C=O) groups excluding carboxylic acids is 1. The van der Waals surface area contributed by atoms with E-state index in [9.17, 15) is 9.59 Å². The van der Waals surface area contributed by atoms with Gasteiger partial charge in [0.15, 0.2) is 0 Å². The quantitative estimate of drug-likeness (QED) is 0.386. The molecule has 0 spiro atoms. The molecule has 0 bridgehead atoms. The fourth-order valence-corrected chi connectivity index (χ4v) is 4.65. The third-order valence-corrected chi connectivity index (χ3v) is 6.25. The summed E-state index contributed by atoms with van der Waals surface area (Å²) in [6, 6.07) is 15.5. The monoisotopic (exact) mass is 405 g/mol. The molecule has 148 valence electrons. The van der Waals surface area contributed by atoms with Crippen LogP contribution in [0.15, 0.2) is 57.7 Å². The second kappa shape index (κ2) is 7.84. The summed E-state index contributed by atoms with van der Waals surface area (Å²) in [5.74, 6) is -0.0856. The highest BCUT2D eigenvalue weighted by Crippen LogP contribution is 2.32. The number of thiophene rings is 1. The van der Waals surface area contributed by atoms with Crippen molar-refractivity contribution in [2.45, 2.75) is 33.6 Å². The van der Waals surface area contributed by atoms with E-state index < -0.39 is 5.63 Å². The predicted octanol–water partition coefficient (Wildman–Crippen LogP) is 5.94. The van der Waals surface area contributed by atoms with Gasteiger partial charge in [0, 0.05) is 17.6 Å². The molecule has 0 saturated heterocycles. The largest absolute Gasteiger partial charge is 0.422 e. The van der Waals surface area contributed by atoms with E-state index in [-0.39, 0.29) is 5.91 Å². The van der Waals surface area contributed by atoms with Crippen LogP contribution in [-0.2, 0) is 6.42 Å². The van der Waals surface area contributed by atoms with Crippen LogP contribution in [0.25, 0.3) is 21.1 Å². The molecular formula is C24H23NO3S. The van der Waals surface area contributed by atoms with Gasteiger partial charge in [-0.05, 0) is 55.7 Å². The Morgan fingerprint density at radius 2 is 1.79 bits per heavy atom. The molecule has 4 nitrogen and oxygen atoms in total. The topological polar surface area (TPSA) is 50.5 Å². The molecule has 4 rings (SSSR count). The molecule has 29 heavy (non-hydrogen) atoms. The Hall–Kier alpha value is -2.92. The molecule has 0 radical (unpaired) electrons. The maximum Gasteiger partial charge on any atom is 0.345 e. The number of hydrogen-bond donors (Lipinski definition) is 0. The fourth-order valence-electron chi connectivity index (χ4n) is 3.53. The molecular weight excluding hydrogens is 382 g/mol. The molecule has 0 N–H and O–H groups in total. The first kappa shape index (κ1) is 19.4. The highest BCUT2D eigenvalue weighted by Gasteiger charge is 2.21. The van der Waals surface area contributed by atoms with Crippen LogP contribution in [-0.4, -0.2) is 12.5 Å². The number of carbonyl (C=O) groups is 1. The van der Waals surface area contributed by atoms with E-state index >= 15 is 0 Å². The van der Waals surface area contributed by atoms with Gasteiger partial charge in [-0.15, -0.1) is 11.3 Å². The lowest BCUT2D eigenvalue weighted by molar-refractivity contribution is 0.0991. The molecule has 0 atom stereocenters. The van der Waals surface area contributed by atoms with E-state index in [0.717, 1.165) is 34.2 Å². The first-order valence-electron chi connectivity index (χ1n) is 9.89. The van der Waals surface area contributed by atoms with Gasteiger partial charge in [-0.25, -0.2) is 4.79 Å². The van der Waals surface area contributed by atoms with Gasteiger partial charge in [0.1, 0.15) is 5.58 Å². The number of rotatable bonds is 5. The van der Waals surface area contributed by atoms with Gasteiger partial charge in [-0.1, -0.05) is 37.6 Å². The Morgan fingerprint density at radius 3 is 2.48 bits per heavy atom. The van der Waals surface area contributed by atoms with Crippen molar-refractivity contribution in [2.75, 3.05) is 11.4 Å². The molecule has 0 aliphatic heterocycles. The van der Waals surface area contributed by atoms with E-state index in [2.05, 4.69) is 26.0 Å². The summed E-state index contributed by atoms with van der Waals surface area (Å²) in [6.45, 7) is 6.78. The Bertz CT molecular complexity index is 1250. The van der Waals surface area contributed by atoms with Crippen molar-refractivity contribution in [1.82, 2.24) is 0 Å². The first-order valence-corrected chi connectivity index (χ1v) is 10.7. The van der Waals surface area contributed by atoms with Crippen LogP contribution in [0.4, 0.5) is 5.69 Å². The van der Waals surface area contributed by atoms with Crippen LogP contribution in [0.2, 0.25) is 0 Å². The van der Waals surface area contributed by atoms with Gasteiger partial charge in [0.05, 0.1) is 15.0 Å². The Balaban J connectivity index is 1.82. The van der Waals surface area contributed by atoms with Crippen LogP contribution < -0.4 is 10.5 Å². The minimum atomic E-state index is -0.402. The molecule has 0 fully saturated rings. The molecule has 0 aliphatic carbocycles. The summed E-state index contributed by atoms with van der Waals surface area (Å²) in [7, 11) is 0. The first-order chi connectivity index (χ1) is 14.0. The maximum atomic E-state index is 13.4. The van der Waals surface area contributed by atoms with Gasteiger partial charge in [0.25, 0.3) is 5.91 Å². The van der Waals surface area contributed by atoms with E-state index in [1.54, 1.807) is 11.0 Å². The number of aryl methyl sites for hydroxylation is 2. The summed E-state index contributed by atoms with van der Waals surface area (Å²) in [4.78, 5) is 28.2. The number of hydrogen-bond acceptors (Lipinski definition) is 4. The van der Waals surface area contributed by atoms with Crippen LogP contribution >= 0.6 is 11.3 Å². The highest BCUT2D eigenvalue weighted by molar-refractivity contribution is 7.21. The van der Waals surface area contributed by atoms with Gasteiger partial charge in [0.2, 0.25) is 0 Å². The van der Waals surface area contributed by atoms with Crippen molar-refractivity contribution < 1.29 is 9.21 Å². The zero-order chi connectivity index (χ0) is 20.5. The zero-order valence-corrected chi connectivity index (χ0v) is 17.6. The lowest BCUT2D eigenvalue weighted by atomic mass is 10.1. The van der Waals surface area contributed by atoms with Crippen molar-refractivity contribution in [3.8, 4) is 0 Å². The molecule has 4 aromatic rings. The molecule has 0 saturated carbocycles. The van der Waals surface area contributed by atoms with Gasteiger partial charge in [-0.2, -0.15) is 0 Å². The molecule has 2 heterocycles. The van der Waals surface area contributed by atoms with Crippen molar-refractivity contribution in [3.05, 3.63) is 75.0 Å². The lowest BCUT2D eigenvalue weighted by Gasteiger charge is -2.22. The Kier molecular flexibility index (Phi) is 5.24. The fraction of sp³-hybridized carbons (Fsp3) is 0.250. The highest BCUT2D eigenvalue weighted by atomic mass is 32.1. The molecule has 0 unspecified atom stereocenters. The van der Waals surface area contributed by atoms with Gasteiger partial charge < -0.3 is 9.32 Å². The number of fused-ring (bicyclic) bond motifs is 3. The van der Waals surface area contributed by atoms with Gasteiger partial charge in [-0.3, -0.25) is 4.79 Å². The number of anilines is 1. The molecule has 2 aromatic carbocycles. The Labute approximate surface area is 173 Å². The molecule has 5 heteroatoms. The minimum Gasteiger partial charge on any atom is -0.422 e. The zero-order valence-electron chi connectivity index (χ0n) is 16.8. The van der Waals surface area contributed by atoms with E-state index in [4.69, 9.17) is 4.42 Å². The molecule has 1 amide bonds. The van der Waals surface area contributed by atoms with Crippen LogP contribution in [0, 0.1) is 6.92 Å². The summed E-state index contributed by atoms with van der Waals surface area (Å²) in [5.41, 5.74) is 3.34. The second-order valence-corrected chi connectivity index (χ2v) is 8.27. The Morgan fingerprint density at radius 1 is 1.03 bits per heavy atom. The normalized spacial score (nSPS) is 11.3. The molecule has 2 aromatic heterocycles. The molecule has 0 aliphatic rings. The number of benzene rings is 2. The summed E-state index contributed by atoms with van der Waals surface area (Å²) < 4.78 is 6.27. The van der Waals surface area contributed by atoms with Crippen LogP contribution in [0.5, 0.6) is 0 Å². The van der Waals surface area contributed by atoms with Crippen molar-refractivity contribution in [2.24, 2.45) is 0 Å². The standard InChI is InChI=1S/C24H23NO3S/c1-4-12-25(17-9-7-16(5-2)8-10-17)23(26)21-14-19-22(29-21)18-13-15(3)6-11-20(18)28-24(19)27/h6-11,13-14H,4-5,12H2,1-3H3. The smallest absolute Gasteiger partial charge is 0.345 e. The number of nitrogens with zero attached hydrogens (tertiary/aromatic N) is 1. The SMILES string of the molecule is CCCN(C(=O)c1cc2c(=O)oc3ccc(C)cc3c2s1)c1ccc(CC)cc1. The van der Waals surface area contributed by atoms with Crippen molar-refractivity contribution >= 4 is 44.0 Å². The van der Waals surface area contributed by atoms with Crippen molar-refractivity contribution in [1.29, 1.82) is 0 Å². The van der Waals surface area contributed by atoms with Crippen LogP contribution in [0.1, 0.15) is 41.1 Å². The minimum absolute atomic E-state index is 0.0856. The van der Waals surface area contributed by atoms with E-state index in [1.165, 1.54) is 16.9 Å². The third-order valence-electron chi connectivity index (χ3n) is 5.09. The number of amides is 1. The van der Waals surface area contributed by atoms with Gasteiger partial charge >= 0.3 is 5.63 Å². The summed E-state index contributed by atoms with van der Waals surface area (Å²) >= 11 is 1.36. The second-order valence-electron chi connectivity index (χ2n) is 7.22. The maximum absolute atomic E-state index is 13.4. The average molecular weight is 406 g/mol. The van der Waals surface area contributed by atoms with E-state index in [1.807, 2.05) is 37.3 Å².